The molecule has 0 aliphatic rings. The molecular formula is C20H20BrN5O2. The van der Waals surface area contributed by atoms with Crippen molar-refractivity contribution in [3.05, 3.63) is 69.8 Å². The number of nitrogens with one attached hydrogen (secondary N) is 1. The monoisotopic (exact) mass is 441 g/mol. The van der Waals surface area contributed by atoms with Crippen LogP contribution in [0.3, 0.4) is 0 Å². The number of carbonyl (C=O) groups is 1. The van der Waals surface area contributed by atoms with E-state index >= 15 is 0 Å². The molecule has 0 fully saturated rings. The van der Waals surface area contributed by atoms with E-state index in [9.17, 15) is 4.79 Å². The van der Waals surface area contributed by atoms with E-state index in [1.54, 1.807) is 6.92 Å². The third-order valence-electron chi connectivity index (χ3n) is 4.15. The topological polar surface area (TPSA) is 116 Å². The fourth-order valence-corrected chi connectivity index (χ4v) is 3.23. The Morgan fingerprint density at radius 3 is 2.64 bits per heavy atom. The van der Waals surface area contributed by atoms with E-state index in [2.05, 4.69) is 31.3 Å². The van der Waals surface area contributed by atoms with Crippen molar-refractivity contribution in [2.24, 2.45) is 5.84 Å². The van der Waals surface area contributed by atoms with Crippen LogP contribution in [0.1, 0.15) is 21.6 Å². The zero-order chi connectivity index (χ0) is 20.1. The lowest BCUT2D eigenvalue weighted by molar-refractivity contribution is 0.0953. The molecule has 0 saturated carbocycles. The molecular weight excluding hydrogens is 422 g/mol. The molecule has 0 aliphatic heterocycles. The molecule has 0 aliphatic carbocycles. The zero-order valence-electron chi connectivity index (χ0n) is 15.3. The summed E-state index contributed by atoms with van der Waals surface area (Å²) in [5, 5.41) is 0. The van der Waals surface area contributed by atoms with Crippen LogP contribution in [-0.4, -0.2) is 22.5 Å². The first-order valence-corrected chi connectivity index (χ1v) is 9.40. The van der Waals surface area contributed by atoms with Crippen molar-refractivity contribution in [3.63, 3.8) is 0 Å². The molecule has 0 atom stereocenters. The molecule has 1 aromatic heterocycles. The van der Waals surface area contributed by atoms with Crippen molar-refractivity contribution in [1.82, 2.24) is 15.4 Å². The molecule has 0 unspecified atom stereocenters. The van der Waals surface area contributed by atoms with Gasteiger partial charge in [-0.2, -0.15) is 0 Å². The molecule has 3 aromatic rings. The van der Waals surface area contributed by atoms with Gasteiger partial charge < -0.3 is 10.5 Å². The van der Waals surface area contributed by atoms with Gasteiger partial charge >= 0.3 is 0 Å². The summed E-state index contributed by atoms with van der Waals surface area (Å²) in [4.78, 5) is 20.7. The van der Waals surface area contributed by atoms with Gasteiger partial charge in [-0.3, -0.25) is 10.2 Å². The molecule has 8 heteroatoms. The second-order valence-corrected chi connectivity index (χ2v) is 7.00. The van der Waals surface area contributed by atoms with Crippen LogP contribution in [0.5, 0.6) is 5.75 Å². The van der Waals surface area contributed by atoms with Crippen LogP contribution in [0, 0.1) is 6.92 Å². The predicted octanol–water partition coefficient (Wildman–Crippen LogP) is 3.02. The molecule has 0 radical (unpaired) electrons. The van der Waals surface area contributed by atoms with Crippen molar-refractivity contribution in [2.45, 2.75) is 13.3 Å². The number of benzene rings is 2. The number of carbonyl (C=O) groups excluding carboxylic acids is 1. The maximum atomic E-state index is 12.3. The summed E-state index contributed by atoms with van der Waals surface area (Å²) in [6, 6.07) is 15.6. The van der Waals surface area contributed by atoms with Crippen molar-refractivity contribution in [2.75, 3.05) is 12.3 Å². The Kier molecular flexibility index (Phi) is 6.23. The number of ether oxygens (including phenoxy) is 1. The number of aromatic nitrogens is 2. The standard InChI is InChI=1S/C20H20BrN5O2/c1-12-17(19(27)26-23)18(25-20(22)24-12)15-11-14(21)7-8-16(15)28-10-9-13-5-3-2-4-6-13/h2-8,11H,9-10,23H2,1H3,(H,26,27)(H2,22,24,25). The average Bonchev–Trinajstić information content (AvgIpc) is 2.68. The summed E-state index contributed by atoms with van der Waals surface area (Å²) in [5.41, 5.74) is 10.8. The predicted molar refractivity (Wildman–Crippen MR) is 112 cm³/mol. The quantitative estimate of drug-likeness (QED) is 0.307. The Hall–Kier alpha value is -2.97. The number of nitrogens with two attached hydrogens (primary N) is 2. The van der Waals surface area contributed by atoms with Gasteiger partial charge in [0.2, 0.25) is 5.95 Å². The first kappa shape index (κ1) is 19.8. The number of amides is 1. The highest BCUT2D eigenvalue weighted by molar-refractivity contribution is 9.10. The van der Waals surface area contributed by atoms with Gasteiger partial charge in [0.05, 0.1) is 23.6 Å². The maximum Gasteiger partial charge on any atom is 0.269 e. The number of nitrogen functional groups attached to an aromatic ring is 2. The van der Waals surface area contributed by atoms with Crippen LogP contribution in [0.25, 0.3) is 11.3 Å². The lowest BCUT2D eigenvalue weighted by atomic mass is 10.0. The normalized spacial score (nSPS) is 10.5. The van der Waals surface area contributed by atoms with Crippen LogP contribution in [0.4, 0.5) is 5.95 Å². The van der Waals surface area contributed by atoms with Crippen molar-refractivity contribution in [1.29, 1.82) is 0 Å². The fourth-order valence-electron chi connectivity index (χ4n) is 2.87. The summed E-state index contributed by atoms with van der Waals surface area (Å²) in [7, 11) is 0. The molecule has 0 spiro atoms. The van der Waals surface area contributed by atoms with E-state index < -0.39 is 5.91 Å². The fraction of sp³-hybridized carbons (Fsp3) is 0.150. The lowest BCUT2D eigenvalue weighted by Gasteiger charge is -2.15. The van der Waals surface area contributed by atoms with E-state index in [4.69, 9.17) is 16.3 Å². The number of hydrogen-bond acceptors (Lipinski definition) is 6. The van der Waals surface area contributed by atoms with Gasteiger partial charge in [0.1, 0.15) is 5.75 Å². The van der Waals surface area contributed by atoms with Crippen LogP contribution in [-0.2, 0) is 6.42 Å². The minimum atomic E-state index is -0.497. The molecule has 5 N–H and O–H groups in total. The van der Waals surface area contributed by atoms with E-state index in [0.29, 0.717) is 29.3 Å². The van der Waals surface area contributed by atoms with E-state index in [-0.39, 0.29) is 11.5 Å². The van der Waals surface area contributed by atoms with Gasteiger partial charge in [-0.15, -0.1) is 0 Å². The summed E-state index contributed by atoms with van der Waals surface area (Å²) >= 11 is 3.46. The third-order valence-corrected chi connectivity index (χ3v) is 4.65. The van der Waals surface area contributed by atoms with Crippen LogP contribution >= 0.6 is 15.9 Å². The Bertz CT molecular complexity index is 995. The highest BCUT2D eigenvalue weighted by Gasteiger charge is 2.21. The van der Waals surface area contributed by atoms with Gasteiger partial charge in [-0.1, -0.05) is 46.3 Å². The Morgan fingerprint density at radius 1 is 1.18 bits per heavy atom. The molecule has 3 rings (SSSR count). The minimum absolute atomic E-state index is 0.0660. The number of hydrazine groups is 1. The number of rotatable bonds is 6. The van der Waals surface area contributed by atoms with Crippen LogP contribution in [0.15, 0.2) is 53.0 Å². The first-order chi connectivity index (χ1) is 13.5. The first-order valence-electron chi connectivity index (χ1n) is 8.61. The highest BCUT2D eigenvalue weighted by atomic mass is 79.9. The van der Waals surface area contributed by atoms with Crippen molar-refractivity contribution in [3.8, 4) is 17.0 Å². The number of hydrogen-bond donors (Lipinski definition) is 3. The molecule has 1 amide bonds. The molecule has 7 nitrogen and oxygen atoms in total. The number of aryl methyl sites for hydroxylation is 1. The summed E-state index contributed by atoms with van der Waals surface area (Å²) in [6.45, 7) is 2.15. The molecule has 2 aromatic carbocycles. The zero-order valence-corrected chi connectivity index (χ0v) is 16.9. The third kappa shape index (κ3) is 4.47. The van der Waals surface area contributed by atoms with E-state index in [1.165, 1.54) is 5.56 Å². The Labute approximate surface area is 171 Å². The molecule has 0 bridgehead atoms. The van der Waals surface area contributed by atoms with Crippen LogP contribution < -0.4 is 21.7 Å². The molecule has 1 heterocycles. The van der Waals surface area contributed by atoms with Gasteiger partial charge in [0.15, 0.2) is 0 Å². The molecule has 0 saturated heterocycles. The Balaban J connectivity index is 1.98. The van der Waals surface area contributed by atoms with Gasteiger partial charge in [-0.05, 0) is 30.7 Å². The minimum Gasteiger partial charge on any atom is -0.493 e. The smallest absolute Gasteiger partial charge is 0.269 e. The summed E-state index contributed by atoms with van der Waals surface area (Å²) in [6.07, 6.45) is 0.747. The Morgan fingerprint density at radius 2 is 1.93 bits per heavy atom. The van der Waals surface area contributed by atoms with Gasteiger partial charge in [0.25, 0.3) is 5.91 Å². The number of halogens is 1. The van der Waals surface area contributed by atoms with Crippen LogP contribution in [0.2, 0.25) is 0 Å². The van der Waals surface area contributed by atoms with Gasteiger partial charge in [-0.25, -0.2) is 15.8 Å². The molecule has 144 valence electrons. The second kappa shape index (κ2) is 8.81. The lowest BCUT2D eigenvalue weighted by Crippen LogP contribution is -2.31. The number of nitrogens with zero attached hydrogens (tertiary/aromatic N) is 2. The second-order valence-electron chi connectivity index (χ2n) is 6.09. The summed E-state index contributed by atoms with van der Waals surface area (Å²) < 4.78 is 6.83. The average molecular weight is 442 g/mol. The van der Waals surface area contributed by atoms with Crippen molar-refractivity contribution < 1.29 is 9.53 Å². The van der Waals surface area contributed by atoms with E-state index in [1.807, 2.05) is 48.5 Å². The van der Waals surface area contributed by atoms with E-state index in [0.717, 1.165) is 10.9 Å². The SMILES string of the molecule is Cc1nc(N)nc(-c2cc(Br)ccc2OCCc2ccccc2)c1C(=O)NN. The van der Waals surface area contributed by atoms with Crippen molar-refractivity contribution >= 4 is 27.8 Å². The molecule has 28 heavy (non-hydrogen) atoms. The summed E-state index contributed by atoms with van der Waals surface area (Å²) in [5.74, 6) is 5.50. The largest absolute Gasteiger partial charge is 0.493 e. The highest BCUT2D eigenvalue weighted by Crippen LogP contribution is 2.35. The number of anilines is 1. The maximum absolute atomic E-state index is 12.3. The van der Waals surface area contributed by atoms with Gasteiger partial charge in [0, 0.05) is 16.5 Å².